The molecule has 1 aliphatic carbocycles. The van der Waals surface area contributed by atoms with Gasteiger partial charge in [-0.25, -0.2) is 0 Å². The summed E-state index contributed by atoms with van der Waals surface area (Å²) >= 11 is 0. The average Bonchev–Trinajstić information content (AvgIpc) is 3.03. The fourth-order valence-electron chi connectivity index (χ4n) is 3.91. The minimum Gasteiger partial charge on any atom is -0.331 e. The maximum Gasteiger partial charge on any atom is 0.223 e. The highest BCUT2D eigenvalue weighted by molar-refractivity contribution is 5.78. The van der Waals surface area contributed by atoms with Crippen molar-refractivity contribution in [1.29, 1.82) is 0 Å². The molecule has 114 valence electrons. The van der Waals surface area contributed by atoms with Gasteiger partial charge in [-0.15, -0.1) is 0 Å². The van der Waals surface area contributed by atoms with Crippen LogP contribution in [0.4, 0.5) is 0 Å². The zero-order valence-electron chi connectivity index (χ0n) is 12.9. The van der Waals surface area contributed by atoms with Crippen molar-refractivity contribution in [2.24, 2.45) is 5.73 Å². The first-order valence-corrected chi connectivity index (χ1v) is 8.36. The molecule has 3 rings (SSSR count). The van der Waals surface area contributed by atoms with Crippen LogP contribution in [0.1, 0.15) is 62.6 Å². The van der Waals surface area contributed by atoms with E-state index in [9.17, 15) is 4.79 Å². The number of nitrogens with two attached hydrogens (primary N) is 1. The Labute approximate surface area is 127 Å². The number of nitrogens with zero attached hydrogens (tertiary/aromatic N) is 1. The van der Waals surface area contributed by atoms with Gasteiger partial charge < -0.3 is 10.6 Å². The quantitative estimate of drug-likeness (QED) is 0.927. The highest BCUT2D eigenvalue weighted by Gasteiger charge is 2.39. The lowest BCUT2D eigenvalue weighted by atomic mass is 9.88. The van der Waals surface area contributed by atoms with Crippen molar-refractivity contribution in [1.82, 2.24) is 4.90 Å². The van der Waals surface area contributed by atoms with Gasteiger partial charge in [0.05, 0.1) is 6.04 Å². The highest BCUT2D eigenvalue weighted by atomic mass is 16.2. The van der Waals surface area contributed by atoms with E-state index in [0.717, 1.165) is 25.7 Å². The first kappa shape index (κ1) is 14.6. The monoisotopic (exact) mass is 286 g/mol. The molecule has 0 bridgehead atoms. The van der Waals surface area contributed by atoms with Crippen LogP contribution in [-0.4, -0.2) is 22.9 Å². The summed E-state index contributed by atoms with van der Waals surface area (Å²) in [7, 11) is 0. The maximum atomic E-state index is 12.5. The second-order valence-corrected chi connectivity index (χ2v) is 6.48. The van der Waals surface area contributed by atoms with Gasteiger partial charge >= 0.3 is 0 Å². The van der Waals surface area contributed by atoms with E-state index in [0.29, 0.717) is 18.4 Å². The molecule has 1 aromatic rings. The first-order valence-electron chi connectivity index (χ1n) is 8.36. The minimum absolute atomic E-state index is 0.0655. The lowest BCUT2D eigenvalue weighted by Crippen LogP contribution is -2.52. The van der Waals surface area contributed by atoms with Crippen molar-refractivity contribution < 1.29 is 4.79 Å². The van der Waals surface area contributed by atoms with Gasteiger partial charge in [0, 0.05) is 18.5 Å². The third-order valence-corrected chi connectivity index (χ3v) is 5.13. The van der Waals surface area contributed by atoms with Crippen LogP contribution in [0.5, 0.6) is 0 Å². The van der Waals surface area contributed by atoms with Crippen molar-refractivity contribution in [2.75, 3.05) is 0 Å². The zero-order chi connectivity index (χ0) is 14.8. The number of piperidine rings is 1. The standard InChI is InChI=1S/C18H26N2O/c1-2-13-7-9-14(10-8-13)18-16(19)11-12-17(21)20(18)15-5-3-4-6-15/h7-10,15-16,18H,2-6,11-12,19H2,1H3. The van der Waals surface area contributed by atoms with E-state index in [1.165, 1.54) is 24.0 Å². The molecule has 0 radical (unpaired) electrons. The normalized spacial score (nSPS) is 27.3. The molecule has 1 aromatic carbocycles. The second-order valence-electron chi connectivity index (χ2n) is 6.48. The molecule has 1 amide bonds. The van der Waals surface area contributed by atoms with Gasteiger partial charge in [-0.1, -0.05) is 44.0 Å². The third-order valence-electron chi connectivity index (χ3n) is 5.13. The number of aryl methyl sites for hydroxylation is 1. The van der Waals surface area contributed by atoms with Crippen molar-refractivity contribution in [3.8, 4) is 0 Å². The molecule has 3 heteroatoms. The van der Waals surface area contributed by atoms with Gasteiger partial charge in [-0.3, -0.25) is 4.79 Å². The van der Waals surface area contributed by atoms with Gasteiger partial charge in [0.25, 0.3) is 0 Å². The number of likely N-dealkylation sites (tertiary alicyclic amines) is 1. The summed E-state index contributed by atoms with van der Waals surface area (Å²) in [6.45, 7) is 2.16. The van der Waals surface area contributed by atoms with Gasteiger partial charge in [-0.05, 0) is 36.8 Å². The Morgan fingerprint density at radius 2 is 1.81 bits per heavy atom. The minimum atomic E-state index is 0.0655. The molecule has 3 nitrogen and oxygen atoms in total. The lowest BCUT2D eigenvalue weighted by molar-refractivity contribution is -0.140. The van der Waals surface area contributed by atoms with Gasteiger partial charge in [0.1, 0.15) is 0 Å². The van der Waals surface area contributed by atoms with Gasteiger partial charge in [0.2, 0.25) is 5.91 Å². The molecule has 2 fully saturated rings. The molecule has 2 unspecified atom stereocenters. The van der Waals surface area contributed by atoms with E-state index in [1.54, 1.807) is 0 Å². The molecule has 0 spiro atoms. The Balaban J connectivity index is 1.91. The fraction of sp³-hybridized carbons (Fsp3) is 0.611. The van der Waals surface area contributed by atoms with Crippen LogP contribution >= 0.6 is 0 Å². The Hall–Kier alpha value is -1.35. The molecular formula is C18H26N2O. The Morgan fingerprint density at radius 3 is 2.43 bits per heavy atom. The first-order chi connectivity index (χ1) is 10.2. The van der Waals surface area contributed by atoms with Crippen molar-refractivity contribution >= 4 is 5.91 Å². The zero-order valence-corrected chi connectivity index (χ0v) is 12.9. The predicted molar refractivity (Wildman–Crippen MR) is 84.9 cm³/mol. The topological polar surface area (TPSA) is 46.3 Å². The van der Waals surface area contributed by atoms with Crippen molar-refractivity contribution in [2.45, 2.75) is 70.0 Å². The van der Waals surface area contributed by atoms with Gasteiger partial charge in [-0.2, -0.15) is 0 Å². The maximum absolute atomic E-state index is 12.5. The summed E-state index contributed by atoms with van der Waals surface area (Å²) in [6, 6.07) is 9.23. The summed E-state index contributed by atoms with van der Waals surface area (Å²) in [6.07, 6.45) is 7.23. The van der Waals surface area contributed by atoms with E-state index in [1.807, 2.05) is 0 Å². The highest BCUT2D eigenvalue weighted by Crippen LogP contribution is 2.37. The Bertz CT molecular complexity index is 490. The smallest absolute Gasteiger partial charge is 0.223 e. The number of hydrogen-bond acceptors (Lipinski definition) is 2. The fourth-order valence-corrected chi connectivity index (χ4v) is 3.91. The van der Waals surface area contributed by atoms with Crippen LogP contribution in [-0.2, 0) is 11.2 Å². The van der Waals surface area contributed by atoms with E-state index in [4.69, 9.17) is 5.73 Å². The molecule has 1 saturated carbocycles. The number of carbonyl (C=O) groups excluding carboxylic acids is 1. The number of carbonyl (C=O) groups is 1. The number of benzene rings is 1. The lowest BCUT2D eigenvalue weighted by Gasteiger charge is -2.43. The van der Waals surface area contributed by atoms with E-state index in [2.05, 4.69) is 36.1 Å². The SMILES string of the molecule is CCc1ccc(C2C(N)CCC(=O)N2C2CCCC2)cc1. The third kappa shape index (κ3) is 2.84. The molecule has 1 aliphatic heterocycles. The molecule has 1 saturated heterocycles. The average molecular weight is 286 g/mol. The largest absolute Gasteiger partial charge is 0.331 e. The molecular weight excluding hydrogens is 260 g/mol. The van der Waals surface area contributed by atoms with Gasteiger partial charge in [0.15, 0.2) is 0 Å². The molecule has 2 N–H and O–H groups in total. The van der Waals surface area contributed by atoms with E-state index >= 15 is 0 Å². The number of amides is 1. The van der Waals surface area contributed by atoms with Crippen LogP contribution < -0.4 is 5.73 Å². The summed E-state index contributed by atoms with van der Waals surface area (Å²) in [5, 5.41) is 0. The number of rotatable bonds is 3. The summed E-state index contributed by atoms with van der Waals surface area (Å²) in [5.74, 6) is 0.299. The van der Waals surface area contributed by atoms with Crippen molar-refractivity contribution in [3.63, 3.8) is 0 Å². The predicted octanol–water partition coefficient (Wildman–Crippen LogP) is 3.18. The summed E-state index contributed by atoms with van der Waals surface area (Å²) in [4.78, 5) is 14.6. The van der Waals surface area contributed by atoms with E-state index < -0.39 is 0 Å². The molecule has 0 aromatic heterocycles. The summed E-state index contributed by atoms with van der Waals surface area (Å²) < 4.78 is 0. The van der Waals surface area contributed by atoms with Crippen LogP contribution in [0.15, 0.2) is 24.3 Å². The molecule has 2 aliphatic rings. The molecule has 21 heavy (non-hydrogen) atoms. The van der Waals surface area contributed by atoms with Crippen LogP contribution in [0.3, 0.4) is 0 Å². The van der Waals surface area contributed by atoms with Crippen LogP contribution in [0.2, 0.25) is 0 Å². The Morgan fingerprint density at radius 1 is 1.14 bits per heavy atom. The number of hydrogen-bond donors (Lipinski definition) is 1. The van der Waals surface area contributed by atoms with E-state index in [-0.39, 0.29) is 12.1 Å². The van der Waals surface area contributed by atoms with Crippen LogP contribution in [0.25, 0.3) is 0 Å². The molecule has 2 atom stereocenters. The van der Waals surface area contributed by atoms with Crippen molar-refractivity contribution in [3.05, 3.63) is 35.4 Å². The second kappa shape index (κ2) is 6.18. The van der Waals surface area contributed by atoms with Crippen LogP contribution in [0, 0.1) is 0 Å². The Kier molecular flexibility index (Phi) is 4.29. The summed E-state index contributed by atoms with van der Waals surface area (Å²) in [5.41, 5.74) is 8.95. The molecule has 1 heterocycles.